The maximum Gasteiger partial charge on any atom is 0.324 e. The molecule has 37 heavy (non-hydrogen) atoms. The number of carbonyl (C=O) groups is 2. The highest BCUT2D eigenvalue weighted by atomic mass is 31.1. The van der Waals surface area contributed by atoms with E-state index in [-0.39, 0.29) is 24.0 Å². The molecular weight excluding hydrogens is 475 g/mol. The van der Waals surface area contributed by atoms with Crippen molar-refractivity contribution in [2.24, 2.45) is 0 Å². The summed E-state index contributed by atoms with van der Waals surface area (Å²) in [6.07, 6.45) is 10.6. The second-order valence-electron chi connectivity index (χ2n) is 10.3. The zero-order valence-electron chi connectivity index (χ0n) is 21.5. The monoisotopic (exact) mass is 512 g/mol. The number of hydrogen-bond acceptors (Lipinski definition) is 2. The number of amides is 3. The maximum atomic E-state index is 14.4. The minimum atomic E-state index is -0.956. The number of benzene rings is 3. The van der Waals surface area contributed by atoms with Crippen LogP contribution in [0.25, 0.3) is 0 Å². The van der Waals surface area contributed by atoms with E-state index in [1.165, 1.54) is 23.5 Å². The van der Waals surface area contributed by atoms with Gasteiger partial charge in [0, 0.05) is 17.6 Å². The molecule has 192 valence electrons. The van der Waals surface area contributed by atoms with Crippen molar-refractivity contribution in [2.75, 3.05) is 0 Å². The third-order valence-electron chi connectivity index (χ3n) is 7.71. The highest BCUT2D eigenvalue weighted by Gasteiger charge is 2.35. The second kappa shape index (κ2) is 12.5. The summed E-state index contributed by atoms with van der Waals surface area (Å²) in [4.78, 5) is 29.7. The fraction of sp³-hybridized carbons (Fsp3) is 0.375. The summed E-state index contributed by atoms with van der Waals surface area (Å²) in [5.41, 5.74) is 0.644. The third-order valence-corrected chi connectivity index (χ3v) is 10.2. The van der Waals surface area contributed by atoms with Gasteiger partial charge in [-0.2, -0.15) is 0 Å². The van der Waals surface area contributed by atoms with Gasteiger partial charge in [0.25, 0.3) is 5.91 Å². The summed E-state index contributed by atoms with van der Waals surface area (Å²) >= 11 is 0. The van der Waals surface area contributed by atoms with Crippen LogP contribution < -0.4 is 21.2 Å². The maximum absolute atomic E-state index is 14.4. The Kier molecular flexibility index (Phi) is 8.68. The van der Waals surface area contributed by atoms with Crippen LogP contribution in [0.5, 0.6) is 0 Å². The van der Waals surface area contributed by atoms with Gasteiger partial charge in [-0.3, -0.25) is 9.69 Å². The van der Waals surface area contributed by atoms with E-state index in [9.17, 15) is 9.59 Å². The van der Waals surface area contributed by atoms with E-state index < -0.39 is 7.92 Å². The molecule has 4 nitrogen and oxygen atoms in total. The predicted molar refractivity (Wildman–Crippen MR) is 154 cm³/mol. The van der Waals surface area contributed by atoms with Crippen molar-refractivity contribution in [3.63, 3.8) is 0 Å². The van der Waals surface area contributed by atoms with Crippen LogP contribution >= 0.6 is 7.92 Å². The van der Waals surface area contributed by atoms with Crippen LogP contribution in [0.4, 0.5) is 4.79 Å². The highest BCUT2D eigenvalue weighted by molar-refractivity contribution is 7.80. The lowest BCUT2D eigenvalue weighted by atomic mass is 9.93. The van der Waals surface area contributed by atoms with Crippen LogP contribution in [0.1, 0.15) is 74.6 Å². The smallest absolute Gasteiger partial charge is 0.324 e. The largest absolute Gasteiger partial charge is 0.335 e. The van der Waals surface area contributed by atoms with E-state index in [0.717, 1.165) is 56.7 Å². The fourth-order valence-electron chi connectivity index (χ4n) is 5.81. The molecule has 3 amide bonds. The Morgan fingerprint density at radius 1 is 0.649 bits per heavy atom. The molecule has 2 fully saturated rings. The Morgan fingerprint density at radius 2 is 1.16 bits per heavy atom. The first kappa shape index (κ1) is 25.7. The summed E-state index contributed by atoms with van der Waals surface area (Å²) in [7, 11) is -0.956. The Bertz CT molecular complexity index is 1130. The Labute approximate surface area is 222 Å². The SMILES string of the molecule is O=C(NC1CCCCC1)N(C(=O)c1ccccc1P(c1ccccc1)c1ccccc1)C1CCCCC1. The summed E-state index contributed by atoms with van der Waals surface area (Å²) in [5, 5.41) is 6.64. The van der Waals surface area contributed by atoms with Crippen LogP contribution in [0.3, 0.4) is 0 Å². The molecule has 2 aliphatic rings. The van der Waals surface area contributed by atoms with E-state index in [4.69, 9.17) is 0 Å². The predicted octanol–water partition coefficient (Wildman–Crippen LogP) is 6.26. The van der Waals surface area contributed by atoms with Gasteiger partial charge in [-0.15, -0.1) is 0 Å². The molecule has 0 bridgehead atoms. The number of imide groups is 1. The van der Waals surface area contributed by atoms with E-state index in [1.54, 1.807) is 4.90 Å². The first-order chi connectivity index (χ1) is 18.2. The first-order valence-electron chi connectivity index (χ1n) is 13.9. The van der Waals surface area contributed by atoms with Crippen molar-refractivity contribution in [3.05, 3.63) is 90.5 Å². The quantitative estimate of drug-likeness (QED) is 0.396. The van der Waals surface area contributed by atoms with Gasteiger partial charge < -0.3 is 5.32 Å². The molecule has 0 heterocycles. The van der Waals surface area contributed by atoms with Gasteiger partial charge in [0.2, 0.25) is 0 Å². The third kappa shape index (κ3) is 6.13. The summed E-state index contributed by atoms with van der Waals surface area (Å²) in [6.45, 7) is 0. The summed E-state index contributed by atoms with van der Waals surface area (Å²) < 4.78 is 0. The molecule has 2 saturated carbocycles. The van der Waals surface area contributed by atoms with Crippen molar-refractivity contribution < 1.29 is 9.59 Å². The minimum absolute atomic E-state index is 0.0439. The lowest BCUT2D eigenvalue weighted by Crippen LogP contribution is -2.53. The molecule has 1 N–H and O–H groups in total. The number of nitrogens with one attached hydrogen (secondary N) is 1. The molecule has 3 aromatic carbocycles. The zero-order valence-corrected chi connectivity index (χ0v) is 22.4. The molecule has 0 aliphatic heterocycles. The molecular formula is C32H37N2O2P. The summed E-state index contributed by atoms with van der Waals surface area (Å²) in [5.74, 6) is -0.157. The van der Waals surface area contributed by atoms with Gasteiger partial charge >= 0.3 is 6.03 Å². The van der Waals surface area contributed by atoms with Crippen molar-refractivity contribution >= 4 is 35.8 Å². The molecule has 0 atom stereocenters. The van der Waals surface area contributed by atoms with Crippen LogP contribution in [0, 0.1) is 0 Å². The standard InChI is InChI=1S/C32H37N2O2P/c35-31(34(26-17-7-2-8-18-26)32(36)33-25-15-5-1-6-16-25)29-23-13-14-24-30(29)37(27-19-9-3-10-20-27)28-21-11-4-12-22-28/h3-4,9-14,19-26H,1-2,5-8,15-18H2,(H,33,36). The number of hydrogen-bond donors (Lipinski definition) is 1. The lowest BCUT2D eigenvalue weighted by Gasteiger charge is -2.35. The fourth-order valence-corrected chi connectivity index (χ4v) is 8.26. The van der Waals surface area contributed by atoms with Crippen molar-refractivity contribution in [2.45, 2.75) is 76.3 Å². The van der Waals surface area contributed by atoms with E-state index in [2.05, 4.69) is 59.9 Å². The van der Waals surface area contributed by atoms with E-state index >= 15 is 0 Å². The Hall–Kier alpha value is -2.97. The molecule has 0 aromatic heterocycles. The van der Waals surface area contributed by atoms with Gasteiger partial charge in [-0.1, -0.05) is 117 Å². The van der Waals surface area contributed by atoms with Crippen LogP contribution in [0.15, 0.2) is 84.9 Å². The van der Waals surface area contributed by atoms with E-state index in [0.29, 0.717) is 5.56 Å². The molecule has 5 heteroatoms. The molecule has 3 aromatic rings. The Morgan fingerprint density at radius 3 is 1.76 bits per heavy atom. The minimum Gasteiger partial charge on any atom is -0.335 e. The van der Waals surface area contributed by atoms with Crippen molar-refractivity contribution in [1.29, 1.82) is 0 Å². The Balaban J connectivity index is 1.53. The molecule has 0 spiro atoms. The van der Waals surface area contributed by atoms with Gasteiger partial charge in [0.1, 0.15) is 0 Å². The van der Waals surface area contributed by atoms with Gasteiger partial charge in [-0.05, 0) is 55.6 Å². The van der Waals surface area contributed by atoms with Crippen molar-refractivity contribution in [3.8, 4) is 0 Å². The topological polar surface area (TPSA) is 49.4 Å². The van der Waals surface area contributed by atoms with Gasteiger partial charge in [-0.25, -0.2) is 4.79 Å². The van der Waals surface area contributed by atoms with Gasteiger partial charge in [0.15, 0.2) is 0 Å². The molecule has 0 saturated heterocycles. The average molecular weight is 513 g/mol. The normalized spacial score (nSPS) is 16.9. The number of rotatable bonds is 6. The molecule has 5 rings (SSSR count). The van der Waals surface area contributed by atoms with Crippen molar-refractivity contribution in [1.82, 2.24) is 10.2 Å². The molecule has 0 unspecified atom stereocenters. The second-order valence-corrected chi connectivity index (χ2v) is 12.5. The molecule has 2 aliphatic carbocycles. The zero-order chi connectivity index (χ0) is 25.5. The lowest BCUT2D eigenvalue weighted by molar-refractivity contribution is 0.0703. The molecule has 0 radical (unpaired) electrons. The van der Waals surface area contributed by atoms with Crippen LogP contribution in [0.2, 0.25) is 0 Å². The summed E-state index contributed by atoms with van der Waals surface area (Å²) in [6, 6.07) is 28.7. The number of nitrogens with zero attached hydrogens (tertiary/aromatic N) is 1. The highest BCUT2D eigenvalue weighted by Crippen LogP contribution is 2.35. The van der Waals surface area contributed by atoms with Gasteiger partial charge in [0.05, 0.1) is 0 Å². The number of carbonyl (C=O) groups excluding carboxylic acids is 2. The van der Waals surface area contributed by atoms with E-state index in [1.807, 2.05) is 30.3 Å². The van der Waals surface area contributed by atoms with Crippen LogP contribution in [-0.4, -0.2) is 28.9 Å². The average Bonchev–Trinajstić information content (AvgIpc) is 2.96. The van der Waals surface area contributed by atoms with Crippen LogP contribution in [-0.2, 0) is 0 Å². The first-order valence-corrected chi connectivity index (χ1v) is 15.2. The number of urea groups is 1.